The van der Waals surface area contributed by atoms with E-state index in [2.05, 4.69) is 44.2 Å². The van der Waals surface area contributed by atoms with Gasteiger partial charge in [-0.15, -0.1) is 0 Å². The van der Waals surface area contributed by atoms with E-state index in [9.17, 15) is 4.39 Å². The molecule has 1 aromatic heterocycles. The maximum atomic E-state index is 13.2. The Kier molecular flexibility index (Phi) is 9.35. The molecule has 0 spiro atoms. The van der Waals surface area contributed by atoms with Gasteiger partial charge in [0.15, 0.2) is 0 Å². The Labute approximate surface area is 254 Å². The normalized spacial score (nSPS) is 15.1. The molecule has 0 amide bonds. The molecule has 2 aliphatic rings. The van der Waals surface area contributed by atoms with E-state index < -0.39 is 0 Å². The van der Waals surface area contributed by atoms with Crippen molar-refractivity contribution in [2.45, 2.75) is 65.1 Å². The fourth-order valence-electron chi connectivity index (χ4n) is 6.18. The van der Waals surface area contributed by atoms with Crippen molar-refractivity contribution >= 4 is 0 Å². The van der Waals surface area contributed by atoms with Crippen LogP contribution >= 0.6 is 0 Å². The van der Waals surface area contributed by atoms with E-state index in [0.717, 1.165) is 91.5 Å². The van der Waals surface area contributed by atoms with Gasteiger partial charge in [-0.3, -0.25) is 4.98 Å². The lowest BCUT2D eigenvalue weighted by atomic mass is 9.86. The highest BCUT2D eigenvalue weighted by molar-refractivity contribution is 5.88. The zero-order valence-electron chi connectivity index (χ0n) is 25.2. The molecule has 6 heteroatoms. The van der Waals surface area contributed by atoms with Crippen LogP contribution in [0.5, 0.6) is 11.5 Å². The number of hydrogen-bond acceptors (Lipinski definition) is 5. The van der Waals surface area contributed by atoms with Gasteiger partial charge in [-0.05, 0) is 109 Å². The number of nitrogens with zero attached hydrogens (tertiary/aromatic N) is 1. The number of halogens is 1. The van der Waals surface area contributed by atoms with Crippen LogP contribution in [-0.2, 0) is 35.3 Å². The summed E-state index contributed by atoms with van der Waals surface area (Å²) in [5.41, 5.74) is 10.2. The van der Waals surface area contributed by atoms with Gasteiger partial charge in [0.2, 0.25) is 0 Å². The molecule has 2 aliphatic heterocycles. The Morgan fingerprint density at radius 2 is 1.67 bits per heavy atom. The summed E-state index contributed by atoms with van der Waals surface area (Å²) < 4.78 is 37.3. The van der Waals surface area contributed by atoms with Crippen molar-refractivity contribution < 1.29 is 23.3 Å². The lowest BCUT2D eigenvalue weighted by Crippen LogP contribution is -2.23. The fraction of sp³-hybridized carbons (Fsp3) is 0.378. The van der Waals surface area contributed by atoms with Gasteiger partial charge >= 0.3 is 0 Å². The molecule has 224 valence electrons. The predicted octanol–water partition coefficient (Wildman–Crippen LogP) is 8.07. The quantitative estimate of drug-likeness (QED) is 0.190. The van der Waals surface area contributed by atoms with Crippen LogP contribution < -0.4 is 9.47 Å². The largest absolute Gasteiger partial charge is 0.493 e. The van der Waals surface area contributed by atoms with E-state index in [4.69, 9.17) is 23.9 Å². The Bertz CT molecular complexity index is 1530. The van der Waals surface area contributed by atoms with Crippen molar-refractivity contribution in [2.75, 3.05) is 26.4 Å². The second-order valence-electron chi connectivity index (χ2n) is 11.4. The van der Waals surface area contributed by atoms with Crippen LogP contribution in [0.15, 0.2) is 66.7 Å². The first kappa shape index (κ1) is 29.3. The second-order valence-corrected chi connectivity index (χ2v) is 11.4. The van der Waals surface area contributed by atoms with Crippen molar-refractivity contribution in [1.82, 2.24) is 4.98 Å². The Morgan fingerprint density at radius 3 is 2.44 bits per heavy atom. The third-order valence-corrected chi connectivity index (χ3v) is 8.47. The minimum Gasteiger partial charge on any atom is -0.493 e. The number of rotatable bonds is 10. The lowest BCUT2D eigenvalue weighted by molar-refractivity contribution is -0.0398. The SMILES string of the molecule is CCc1c(C)nc(COC2CCOCC2)c(-c2ccc(OCCc3ccc(F)cc3)cc2)c1-c1ccc2c(c1)CCCO2. The van der Waals surface area contributed by atoms with E-state index >= 15 is 0 Å². The summed E-state index contributed by atoms with van der Waals surface area (Å²) in [7, 11) is 0. The zero-order valence-corrected chi connectivity index (χ0v) is 25.2. The third kappa shape index (κ3) is 6.92. The average molecular weight is 582 g/mol. The van der Waals surface area contributed by atoms with Crippen molar-refractivity contribution in [3.05, 3.63) is 101 Å². The van der Waals surface area contributed by atoms with Gasteiger partial charge < -0.3 is 18.9 Å². The van der Waals surface area contributed by atoms with Gasteiger partial charge in [0.1, 0.15) is 17.3 Å². The molecule has 3 aromatic carbocycles. The van der Waals surface area contributed by atoms with Crippen LogP contribution in [0, 0.1) is 12.7 Å². The molecule has 0 N–H and O–H groups in total. The molecule has 4 aromatic rings. The summed E-state index contributed by atoms with van der Waals surface area (Å²) >= 11 is 0. The number of aryl methyl sites for hydroxylation is 2. The number of aromatic nitrogens is 1. The molecule has 1 saturated heterocycles. The molecule has 1 fully saturated rings. The topological polar surface area (TPSA) is 49.8 Å². The summed E-state index contributed by atoms with van der Waals surface area (Å²) in [6.07, 6.45) is 5.63. The first-order valence-corrected chi connectivity index (χ1v) is 15.5. The van der Waals surface area contributed by atoms with Gasteiger partial charge in [-0.1, -0.05) is 37.3 Å². The standard InChI is InChI=1S/C37H40FNO4/c1-3-33-25(2)39-34(24-43-32-17-20-40-21-18-32)37(36(33)29-10-15-35-28(23-29)5-4-19-42-35)27-8-13-31(14-9-27)41-22-16-26-6-11-30(38)12-7-26/h6-15,23,32H,3-5,16-22,24H2,1-2H3. The molecule has 0 radical (unpaired) electrons. The first-order chi connectivity index (χ1) is 21.1. The van der Waals surface area contributed by atoms with Crippen molar-refractivity contribution in [3.8, 4) is 33.8 Å². The monoisotopic (exact) mass is 581 g/mol. The van der Waals surface area contributed by atoms with Gasteiger partial charge in [0.05, 0.1) is 31.6 Å². The fourth-order valence-corrected chi connectivity index (χ4v) is 6.18. The molecular weight excluding hydrogens is 541 g/mol. The minimum absolute atomic E-state index is 0.177. The van der Waals surface area contributed by atoms with Crippen molar-refractivity contribution in [1.29, 1.82) is 0 Å². The number of fused-ring (bicyclic) bond motifs is 1. The summed E-state index contributed by atoms with van der Waals surface area (Å²) in [5, 5.41) is 0. The highest BCUT2D eigenvalue weighted by Crippen LogP contribution is 2.41. The molecule has 0 saturated carbocycles. The molecule has 0 atom stereocenters. The number of benzene rings is 3. The van der Waals surface area contributed by atoms with E-state index in [1.54, 1.807) is 12.1 Å². The van der Waals surface area contributed by atoms with Crippen LogP contribution in [0.1, 0.15) is 54.3 Å². The van der Waals surface area contributed by atoms with Gasteiger partial charge in [0.25, 0.3) is 0 Å². The van der Waals surface area contributed by atoms with E-state index in [0.29, 0.717) is 19.6 Å². The Hall–Kier alpha value is -3.74. The lowest BCUT2D eigenvalue weighted by Gasteiger charge is -2.25. The summed E-state index contributed by atoms with van der Waals surface area (Å²) in [4.78, 5) is 5.15. The molecular formula is C37H40FNO4. The van der Waals surface area contributed by atoms with E-state index in [1.807, 2.05) is 12.1 Å². The van der Waals surface area contributed by atoms with Gasteiger partial charge in [0, 0.05) is 30.9 Å². The van der Waals surface area contributed by atoms with E-state index in [-0.39, 0.29) is 11.9 Å². The van der Waals surface area contributed by atoms with Crippen molar-refractivity contribution in [2.24, 2.45) is 0 Å². The Morgan fingerprint density at radius 1 is 0.907 bits per heavy atom. The Balaban J connectivity index is 1.34. The predicted molar refractivity (Wildman–Crippen MR) is 167 cm³/mol. The molecule has 0 bridgehead atoms. The average Bonchev–Trinajstić information content (AvgIpc) is 3.05. The van der Waals surface area contributed by atoms with Crippen LogP contribution in [-0.4, -0.2) is 37.5 Å². The van der Waals surface area contributed by atoms with E-state index in [1.165, 1.54) is 34.4 Å². The van der Waals surface area contributed by atoms with Gasteiger partial charge in [-0.2, -0.15) is 0 Å². The second kappa shape index (κ2) is 13.7. The summed E-state index contributed by atoms with van der Waals surface area (Å²) in [5.74, 6) is 1.57. The molecule has 3 heterocycles. The zero-order chi connectivity index (χ0) is 29.6. The molecule has 5 nitrogen and oxygen atoms in total. The number of pyridine rings is 1. The molecule has 43 heavy (non-hydrogen) atoms. The van der Waals surface area contributed by atoms with Crippen LogP contribution in [0.25, 0.3) is 22.3 Å². The highest BCUT2D eigenvalue weighted by Gasteiger charge is 2.23. The van der Waals surface area contributed by atoms with Crippen LogP contribution in [0.3, 0.4) is 0 Å². The highest BCUT2D eigenvalue weighted by atomic mass is 19.1. The summed E-state index contributed by atoms with van der Waals surface area (Å²) in [6, 6.07) is 21.5. The number of ether oxygens (including phenoxy) is 4. The smallest absolute Gasteiger partial charge is 0.123 e. The molecule has 0 aliphatic carbocycles. The maximum absolute atomic E-state index is 13.2. The minimum atomic E-state index is -0.224. The molecule has 6 rings (SSSR count). The first-order valence-electron chi connectivity index (χ1n) is 15.5. The number of hydrogen-bond donors (Lipinski definition) is 0. The van der Waals surface area contributed by atoms with Gasteiger partial charge in [-0.25, -0.2) is 4.39 Å². The molecule has 0 unspecified atom stereocenters. The third-order valence-electron chi connectivity index (χ3n) is 8.47. The summed E-state index contributed by atoms with van der Waals surface area (Å²) in [6.45, 7) is 7.54. The van der Waals surface area contributed by atoms with Crippen molar-refractivity contribution in [3.63, 3.8) is 0 Å². The van der Waals surface area contributed by atoms with Crippen LogP contribution in [0.2, 0.25) is 0 Å². The van der Waals surface area contributed by atoms with Crippen LogP contribution in [0.4, 0.5) is 4.39 Å². The maximum Gasteiger partial charge on any atom is 0.123 e.